The maximum absolute atomic E-state index is 11.4. The van der Waals surface area contributed by atoms with Crippen molar-refractivity contribution in [2.45, 2.75) is 6.42 Å². The number of likely N-dealkylation sites (N-methyl/N-ethyl adjacent to an activating group) is 2. The van der Waals surface area contributed by atoms with Crippen LogP contribution in [0.25, 0.3) is 0 Å². The number of ether oxygens (including phenoxy) is 1. The molecule has 0 aromatic heterocycles. The maximum Gasteiger partial charge on any atom is 0.307 e. The summed E-state index contributed by atoms with van der Waals surface area (Å²) in [4.78, 5) is 25.5. The van der Waals surface area contributed by atoms with Gasteiger partial charge in [0, 0.05) is 13.6 Å². The van der Waals surface area contributed by atoms with E-state index in [2.05, 4.69) is 4.74 Å². The lowest BCUT2D eigenvalue weighted by Crippen LogP contribution is -2.36. The summed E-state index contributed by atoms with van der Waals surface area (Å²) >= 11 is 0. The van der Waals surface area contributed by atoms with Crippen LogP contribution in [0.1, 0.15) is 6.42 Å². The van der Waals surface area contributed by atoms with E-state index in [0.717, 1.165) is 0 Å². The van der Waals surface area contributed by atoms with Gasteiger partial charge in [-0.2, -0.15) is 0 Å². The van der Waals surface area contributed by atoms with Gasteiger partial charge in [0.05, 0.1) is 20.1 Å². The molecule has 5 nitrogen and oxygen atoms in total. The average molecular weight is 202 g/mol. The van der Waals surface area contributed by atoms with Crippen LogP contribution in [0, 0.1) is 0 Å². The van der Waals surface area contributed by atoms with Gasteiger partial charge >= 0.3 is 5.97 Å². The standard InChI is InChI=1S/C9H18N2O3/c1-10(2)7-8(12)11(3)6-5-9(13)14-4/h5-7H2,1-4H3. The summed E-state index contributed by atoms with van der Waals surface area (Å²) in [5.41, 5.74) is 0. The molecule has 0 fully saturated rings. The summed E-state index contributed by atoms with van der Waals surface area (Å²) in [6.45, 7) is 0.761. The van der Waals surface area contributed by atoms with E-state index in [1.807, 2.05) is 14.1 Å². The van der Waals surface area contributed by atoms with Gasteiger partial charge in [0.25, 0.3) is 0 Å². The van der Waals surface area contributed by atoms with Crippen LogP contribution in [0.5, 0.6) is 0 Å². The first-order valence-electron chi connectivity index (χ1n) is 4.43. The van der Waals surface area contributed by atoms with Crippen LogP contribution in [0.2, 0.25) is 0 Å². The molecule has 0 aliphatic rings. The van der Waals surface area contributed by atoms with Crippen LogP contribution in [0.15, 0.2) is 0 Å². The van der Waals surface area contributed by atoms with E-state index in [1.165, 1.54) is 12.0 Å². The summed E-state index contributed by atoms with van der Waals surface area (Å²) < 4.78 is 4.47. The Morgan fingerprint density at radius 2 is 1.79 bits per heavy atom. The van der Waals surface area contributed by atoms with Gasteiger partial charge in [-0.3, -0.25) is 9.59 Å². The second-order valence-corrected chi connectivity index (χ2v) is 3.38. The van der Waals surface area contributed by atoms with Crippen molar-refractivity contribution in [3.8, 4) is 0 Å². The van der Waals surface area contributed by atoms with Gasteiger partial charge < -0.3 is 14.5 Å². The smallest absolute Gasteiger partial charge is 0.307 e. The highest BCUT2D eigenvalue weighted by molar-refractivity contribution is 5.78. The van der Waals surface area contributed by atoms with Crippen molar-refractivity contribution < 1.29 is 14.3 Å². The van der Waals surface area contributed by atoms with Crippen molar-refractivity contribution in [3.63, 3.8) is 0 Å². The van der Waals surface area contributed by atoms with Crippen LogP contribution >= 0.6 is 0 Å². The van der Waals surface area contributed by atoms with Crippen molar-refractivity contribution in [1.82, 2.24) is 9.80 Å². The molecule has 0 aliphatic heterocycles. The normalized spacial score (nSPS) is 10.1. The topological polar surface area (TPSA) is 49.9 Å². The first kappa shape index (κ1) is 12.9. The van der Waals surface area contributed by atoms with E-state index in [0.29, 0.717) is 13.1 Å². The van der Waals surface area contributed by atoms with E-state index in [1.54, 1.807) is 11.9 Å². The Morgan fingerprint density at radius 1 is 1.21 bits per heavy atom. The molecule has 0 rings (SSSR count). The summed E-state index contributed by atoms with van der Waals surface area (Å²) in [5, 5.41) is 0. The van der Waals surface area contributed by atoms with Crippen molar-refractivity contribution in [3.05, 3.63) is 0 Å². The minimum atomic E-state index is -0.297. The number of carbonyl (C=O) groups excluding carboxylic acids is 2. The quantitative estimate of drug-likeness (QED) is 0.568. The average Bonchev–Trinajstić information content (AvgIpc) is 2.12. The summed E-state index contributed by atoms with van der Waals surface area (Å²) in [7, 11) is 6.66. The lowest BCUT2D eigenvalue weighted by molar-refractivity contribution is -0.141. The van der Waals surface area contributed by atoms with Crippen LogP contribution in [0.4, 0.5) is 0 Å². The molecule has 0 bridgehead atoms. The molecule has 0 saturated heterocycles. The third-order valence-electron chi connectivity index (χ3n) is 1.76. The molecule has 0 N–H and O–H groups in total. The maximum atomic E-state index is 11.4. The Bertz CT molecular complexity index is 204. The van der Waals surface area contributed by atoms with E-state index in [4.69, 9.17) is 0 Å². The van der Waals surface area contributed by atoms with Gasteiger partial charge in [-0.25, -0.2) is 0 Å². The van der Waals surface area contributed by atoms with Crippen LogP contribution < -0.4 is 0 Å². The summed E-state index contributed by atoms with van der Waals surface area (Å²) in [6, 6.07) is 0. The minimum absolute atomic E-state index is 0.00102. The highest BCUT2D eigenvalue weighted by Crippen LogP contribution is 1.92. The fraction of sp³-hybridized carbons (Fsp3) is 0.778. The molecule has 0 aromatic carbocycles. The molecule has 0 aromatic rings. The Morgan fingerprint density at radius 3 is 2.21 bits per heavy atom. The first-order valence-corrected chi connectivity index (χ1v) is 4.43. The van der Waals surface area contributed by atoms with Crippen LogP contribution in [-0.4, -0.2) is 63.0 Å². The van der Waals surface area contributed by atoms with Crippen LogP contribution in [-0.2, 0) is 14.3 Å². The van der Waals surface area contributed by atoms with Crippen molar-refractivity contribution in [2.24, 2.45) is 0 Å². The highest BCUT2D eigenvalue weighted by Gasteiger charge is 2.11. The van der Waals surface area contributed by atoms with E-state index < -0.39 is 0 Å². The number of hydrogen-bond acceptors (Lipinski definition) is 4. The Labute approximate surface area is 84.6 Å². The van der Waals surface area contributed by atoms with Gasteiger partial charge in [-0.05, 0) is 14.1 Å². The zero-order chi connectivity index (χ0) is 11.1. The van der Waals surface area contributed by atoms with E-state index >= 15 is 0 Å². The van der Waals surface area contributed by atoms with Gasteiger partial charge in [-0.1, -0.05) is 0 Å². The minimum Gasteiger partial charge on any atom is -0.469 e. The number of carbonyl (C=O) groups is 2. The number of rotatable bonds is 5. The van der Waals surface area contributed by atoms with Gasteiger partial charge in [0.15, 0.2) is 0 Å². The Kier molecular flexibility index (Phi) is 5.87. The molecule has 0 spiro atoms. The molecule has 0 radical (unpaired) electrons. The molecule has 14 heavy (non-hydrogen) atoms. The molecular weight excluding hydrogens is 184 g/mol. The fourth-order valence-corrected chi connectivity index (χ4v) is 0.877. The van der Waals surface area contributed by atoms with Gasteiger partial charge in [0.2, 0.25) is 5.91 Å². The highest BCUT2D eigenvalue weighted by atomic mass is 16.5. The lowest BCUT2D eigenvalue weighted by Gasteiger charge is -2.18. The molecule has 1 amide bonds. The predicted octanol–water partition coefficient (Wildman–Crippen LogP) is -0.430. The van der Waals surface area contributed by atoms with Gasteiger partial charge in [0.1, 0.15) is 0 Å². The van der Waals surface area contributed by atoms with Crippen molar-refractivity contribution in [2.75, 3.05) is 41.3 Å². The Hall–Kier alpha value is -1.10. The molecule has 0 atom stereocenters. The summed E-state index contributed by atoms with van der Waals surface area (Å²) in [5.74, 6) is -0.298. The zero-order valence-electron chi connectivity index (χ0n) is 9.24. The third kappa shape index (κ3) is 5.53. The monoisotopic (exact) mass is 202 g/mol. The lowest BCUT2D eigenvalue weighted by atomic mass is 10.4. The predicted molar refractivity (Wildman–Crippen MR) is 52.8 cm³/mol. The van der Waals surface area contributed by atoms with Crippen molar-refractivity contribution in [1.29, 1.82) is 0 Å². The molecular formula is C9H18N2O3. The second-order valence-electron chi connectivity index (χ2n) is 3.38. The number of hydrogen-bond donors (Lipinski definition) is 0. The second kappa shape index (κ2) is 6.37. The van der Waals surface area contributed by atoms with Crippen LogP contribution in [0.3, 0.4) is 0 Å². The molecule has 82 valence electrons. The third-order valence-corrected chi connectivity index (χ3v) is 1.76. The van der Waals surface area contributed by atoms with Crippen molar-refractivity contribution >= 4 is 11.9 Å². The number of methoxy groups -OCH3 is 1. The zero-order valence-corrected chi connectivity index (χ0v) is 9.24. The Balaban J connectivity index is 3.78. The van der Waals surface area contributed by atoms with E-state index in [9.17, 15) is 9.59 Å². The number of amides is 1. The molecule has 0 aliphatic carbocycles. The summed E-state index contributed by atoms with van der Waals surface area (Å²) in [6.07, 6.45) is 0.242. The molecule has 0 saturated carbocycles. The largest absolute Gasteiger partial charge is 0.469 e. The molecule has 0 unspecified atom stereocenters. The molecule has 5 heteroatoms. The number of esters is 1. The van der Waals surface area contributed by atoms with E-state index in [-0.39, 0.29) is 18.3 Å². The SMILES string of the molecule is COC(=O)CCN(C)C(=O)CN(C)C. The first-order chi connectivity index (χ1) is 6.47. The van der Waals surface area contributed by atoms with Gasteiger partial charge in [-0.15, -0.1) is 0 Å². The number of nitrogens with zero attached hydrogens (tertiary/aromatic N) is 2. The molecule has 0 heterocycles. The fourth-order valence-electron chi connectivity index (χ4n) is 0.877.